The van der Waals surface area contributed by atoms with Gasteiger partial charge in [-0.25, -0.2) is 9.97 Å². The Kier molecular flexibility index (Phi) is 4.04. The zero-order valence-electron chi connectivity index (χ0n) is 9.96. The predicted octanol–water partition coefficient (Wildman–Crippen LogP) is 2.11. The van der Waals surface area contributed by atoms with Gasteiger partial charge >= 0.3 is 0 Å². The summed E-state index contributed by atoms with van der Waals surface area (Å²) in [4.78, 5) is 19.9. The molecule has 0 aromatic carbocycles. The molecule has 2 heterocycles. The highest BCUT2D eigenvalue weighted by molar-refractivity contribution is 6.42. The van der Waals surface area contributed by atoms with Gasteiger partial charge < -0.3 is 10.6 Å². The molecular formula is C11H14Cl2N4O. The molecule has 18 heavy (non-hydrogen) atoms. The quantitative estimate of drug-likeness (QED) is 0.818. The summed E-state index contributed by atoms with van der Waals surface area (Å²) < 4.78 is 0. The van der Waals surface area contributed by atoms with E-state index in [1.807, 2.05) is 6.92 Å². The van der Waals surface area contributed by atoms with Crippen LogP contribution in [0.4, 0.5) is 5.82 Å². The van der Waals surface area contributed by atoms with Gasteiger partial charge in [0.25, 0.3) is 0 Å². The molecule has 0 saturated carbocycles. The maximum Gasteiger partial charge on any atom is 0.232 e. The van der Waals surface area contributed by atoms with Crippen molar-refractivity contribution in [2.24, 2.45) is 5.41 Å². The molecule has 1 unspecified atom stereocenters. The van der Waals surface area contributed by atoms with Crippen LogP contribution in [0, 0.1) is 5.41 Å². The van der Waals surface area contributed by atoms with E-state index in [1.165, 1.54) is 6.33 Å². The number of hydrogen-bond acceptors (Lipinski definition) is 4. The molecule has 0 aliphatic carbocycles. The summed E-state index contributed by atoms with van der Waals surface area (Å²) in [5.41, 5.74) is -0.445. The molecule has 1 atom stereocenters. The van der Waals surface area contributed by atoms with Crippen LogP contribution in [0.25, 0.3) is 0 Å². The number of hydrogen-bond donors (Lipinski definition) is 2. The molecule has 1 aromatic heterocycles. The molecule has 2 rings (SSSR count). The summed E-state index contributed by atoms with van der Waals surface area (Å²) in [6, 6.07) is 0. The van der Waals surface area contributed by atoms with Crippen molar-refractivity contribution >= 4 is 34.9 Å². The minimum Gasteiger partial charge on any atom is -0.316 e. The first-order chi connectivity index (χ1) is 8.53. The molecule has 7 heteroatoms. The summed E-state index contributed by atoms with van der Waals surface area (Å²) in [6.07, 6.45) is 3.08. The second-order valence-electron chi connectivity index (χ2n) is 4.62. The van der Waals surface area contributed by atoms with Crippen LogP contribution < -0.4 is 10.6 Å². The predicted molar refractivity (Wildman–Crippen MR) is 70.9 cm³/mol. The van der Waals surface area contributed by atoms with Gasteiger partial charge in [-0.3, -0.25) is 4.79 Å². The number of aromatic nitrogens is 2. The van der Waals surface area contributed by atoms with Crippen molar-refractivity contribution in [2.75, 3.05) is 18.4 Å². The fraction of sp³-hybridized carbons (Fsp3) is 0.545. The maximum absolute atomic E-state index is 12.2. The number of nitrogens with zero attached hydrogens (tertiary/aromatic N) is 2. The van der Waals surface area contributed by atoms with E-state index >= 15 is 0 Å². The first-order valence-electron chi connectivity index (χ1n) is 5.71. The number of carbonyl (C=O) groups is 1. The third-order valence-corrected chi connectivity index (χ3v) is 3.87. The topological polar surface area (TPSA) is 66.9 Å². The van der Waals surface area contributed by atoms with Crippen molar-refractivity contribution in [3.05, 3.63) is 16.5 Å². The zero-order valence-corrected chi connectivity index (χ0v) is 11.5. The third-order valence-electron chi connectivity index (χ3n) is 3.12. The molecule has 0 spiro atoms. The van der Waals surface area contributed by atoms with Gasteiger partial charge in [-0.15, -0.1) is 0 Å². The van der Waals surface area contributed by atoms with Crippen molar-refractivity contribution < 1.29 is 4.79 Å². The van der Waals surface area contributed by atoms with Crippen LogP contribution in [-0.2, 0) is 4.79 Å². The van der Waals surface area contributed by atoms with Gasteiger partial charge in [0.2, 0.25) is 5.91 Å². The molecular weight excluding hydrogens is 275 g/mol. The second-order valence-corrected chi connectivity index (χ2v) is 5.36. The highest BCUT2D eigenvalue weighted by Crippen LogP contribution is 2.30. The zero-order chi connectivity index (χ0) is 13.2. The van der Waals surface area contributed by atoms with E-state index in [0.29, 0.717) is 6.54 Å². The lowest BCUT2D eigenvalue weighted by atomic mass is 9.82. The molecule has 1 saturated heterocycles. The number of rotatable bonds is 2. The molecule has 0 radical (unpaired) electrons. The highest BCUT2D eigenvalue weighted by Gasteiger charge is 2.35. The Morgan fingerprint density at radius 3 is 2.94 bits per heavy atom. The Labute approximate surface area is 115 Å². The Balaban J connectivity index is 2.13. The van der Waals surface area contributed by atoms with E-state index in [9.17, 15) is 4.79 Å². The minimum absolute atomic E-state index is 0.105. The van der Waals surface area contributed by atoms with E-state index in [4.69, 9.17) is 23.2 Å². The van der Waals surface area contributed by atoms with E-state index in [-0.39, 0.29) is 21.9 Å². The summed E-state index contributed by atoms with van der Waals surface area (Å²) in [5.74, 6) is 0.153. The van der Waals surface area contributed by atoms with Gasteiger partial charge in [-0.2, -0.15) is 0 Å². The van der Waals surface area contributed by atoms with Crippen LogP contribution in [0.2, 0.25) is 10.2 Å². The summed E-state index contributed by atoms with van der Waals surface area (Å²) in [7, 11) is 0. The molecule has 5 nitrogen and oxygen atoms in total. The minimum atomic E-state index is -0.445. The Bertz CT molecular complexity index is 460. The van der Waals surface area contributed by atoms with Crippen LogP contribution >= 0.6 is 23.2 Å². The molecule has 1 aromatic rings. The number of carbonyl (C=O) groups excluding carboxylic acids is 1. The Hall–Kier alpha value is -0.910. The van der Waals surface area contributed by atoms with Gasteiger partial charge in [0.1, 0.15) is 11.3 Å². The Morgan fingerprint density at radius 1 is 1.50 bits per heavy atom. The summed E-state index contributed by atoms with van der Waals surface area (Å²) in [5, 5.41) is 6.23. The lowest BCUT2D eigenvalue weighted by molar-refractivity contribution is -0.125. The molecule has 1 amide bonds. The largest absolute Gasteiger partial charge is 0.316 e. The molecule has 98 valence electrons. The van der Waals surface area contributed by atoms with Crippen LogP contribution in [-0.4, -0.2) is 29.0 Å². The van der Waals surface area contributed by atoms with E-state index in [1.54, 1.807) is 0 Å². The van der Waals surface area contributed by atoms with Crippen LogP contribution in [0.15, 0.2) is 6.33 Å². The number of amides is 1. The van der Waals surface area contributed by atoms with Gasteiger partial charge in [-0.1, -0.05) is 23.2 Å². The monoisotopic (exact) mass is 288 g/mol. The number of piperidine rings is 1. The normalized spacial score (nSPS) is 23.7. The van der Waals surface area contributed by atoms with E-state index in [2.05, 4.69) is 20.6 Å². The van der Waals surface area contributed by atoms with Crippen LogP contribution in [0.1, 0.15) is 19.8 Å². The fourth-order valence-corrected chi connectivity index (χ4v) is 2.22. The standard InChI is InChI=1S/C11H14Cl2N4O/c1-11(3-2-4-14-5-11)10(18)17-9-7(12)8(13)15-6-16-9/h6,14H,2-5H2,1H3,(H,15,16,17,18). The number of halogens is 2. The highest BCUT2D eigenvalue weighted by atomic mass is 35.5. The molecule has 2 N–H and O–H groups in total. The second kappa shape index (κ2) is 5.38. The first kappa shape index (κ1) is 13.5. The maximum atomic E-state index is 12.2. The SMILES string of the molecule is CC1(C(=O)Nc2ncnc(Cl)c2Cl)CCCNC1. The average molecular weight is 289 g/mol. The van der Waals surface area contributed by atoms with Crippen LogP contribution in [0.3, 0.4) is 0 Å². The summed E-state index contributed by atoms with van der Waals surface area (Å²) in [6.45, 7) is 3.52. The van der Waals surface area contributed by atoms with Crippen molar-refractivity contribution in [2.45, 2.75) is 19.8 Å². The average Bonchev–Trinajstić information content (AvgIpc) is 2.36. The van der Waals surface area contributed by atoms with Gasteiger partial charge in [0.05, 0.1) is 5.41 Å². The number of anilines is 1. The lowest BCUT2D eigenvalue weighted by Crippen LogP contribution is -2.46. The van der Waals surface area contributed by atoms with Crippen molar-refractivity contribution in [3.63, 3.8) is 0 Å². The summed E-state index contributed by atoms with van der Waals surface area (Å²) >= 11 is 11.7. The van der Waals surface area contributed by atoms with Gasteiger partial charge in [0.15, 0.2) is 11.0 Å². The van der Waals surface area contributed by atoms with Crippen molar-refractivity contribution in [1.82, 2.24) is 15.3 Å². The van der Waals surface area contributed by atoms with E-state index in [0.717, 1.165) is 19.4 Å². The van der Waals surface area contributed by atoms with Crippen LogP contribution in [0.5, 0.6) is 0 Å². The first-order valence-corrected chi connectivity index (χ1v) is 6.47. The third kappa shape index (κ3) is 2.74. The van der Waals surface area contributed by atoms with Gasteiger partial charge in [-0.05, 0) is 26.3 Å². The molecule has 1 aliphatic rings. The lowest BCUT2D eigenvalue weighted by Gasteiger charge is -2.32. The Morgan fingerprint density at radius 2 is 2.28 bits per heavy atom. The molecule has 0 bridgehead atoms. The smallest absolute Gasteiger partial charge is 0.232 e. The number of nitrogens with one attached hydrogen (secondary N) is 2. The van der Waals surface area contributed by atoms with E-state index < -0.39 is 5.41 Å². The molecule has 1 aliphatic heterocycles. The van der Waals surface area contributed by atoms with Crippen molar-refractivity contribution in [1.29, 1.82) is 0 Å². The molecule has 1 fully saturated rings. The van der Waals surface area contributed by atoms with Gasteiger partial charge in [0, 0.05) is 6.54 Å². The van der Waals surface area contributed by atoms with Crippen molar-refractivity contribution in [3.8, 4) is 0 Å². The fourth-order valence-electron chi connectivity index (χ4n) is 1.94.